The van der Waals surface area contributed by atoms with Gasteiger partial charge in [0, 0.05) is 25.7 Å². The van der Waals surface area contributed by atoms with Gasteiger partial charge >= 0.3 is 0 Å². The second kappa shape index (κ2) is 12.0. The van der Waals surface area contributed by atoms with E-state index in [9.17, 15) is 4.79 Å². The Bertz CT molecular complexity index is 622. The molecule has 1 aliphatic carbocycles. The highest BCUT2D eigenvalue weighted by Crippen LogP contribution is 2.23. The monoisotopic (exact) mass is 488 g/mol. The highest BCUT2D eigenvalue weighted by Gasteiger charge is 2.22. The smallest absolute Gasteiger partial charge is 0.241 e. The predicted octanol–water partition coefficient (Wildman–Crippen LogP) is 3.02. The van der Waals surface area contributed by atoms with Crippen molar-refractivity contribution in [1.29, 1.82) is 0 Å². The first kappa shape index (κ1) is 23.5. The van der Waals surface area contributed by atoms with E-state index in [1.54, 1.807) is 26.1 Å². The molecular weight excluding hydrogens is 455 g/mol. The van der Waals surface area contributed by atoms with E-state index in [0.717, 1.165) is 17.7 Å². The van der Waals surface area contributed by atoms with E-state index < -0.39 is 0 Å². The number of carbonyl (C=O) groups is 1. The summed E-state index contributed by atoms with van der Waals surface area (Å²) in [5.74, 6) is 2.14. The molecule has 152 valence electrons. The molecule has 0 aromatic heterocycles. The first-order valence-electron chi connectivity index (χ1n) is 9.38. The molecular formula is C20H33IN4O2. The number of carbonyl (C=O) groups excluding carboxylic acids is 1. The van der Waals surface area contributed by atoms with Crippen LogP contribution in [0.1, 0.15) is 38.2 Å². The van der Waals surface area contributed by atoms with Crippen LogP contribution in [-0.2, 0) is 11.3 Å². The molecule has 2 atom stereocenters. The predicted molar refractivity (Wildman–Crippen MR) is 121 cm³/mol. The summed E-state index contributed by atoms with van der Waals surface area (Å²) in [5, 5.41) is 6.72. The van der Waals surface area contributed by atoms with Crippen molar-refractivity contribution in [3.05, 3.63) is 29.8 Å². The van der Waals surface area contributed by atoms with Crippen LogP contribution in [0.4, 0.5) is 0 Å². The van der Waals surface area contributed by atoms with E-state index in [1.165, 1.54) is 19.3 Å². The van der Waals surface area contributed by atoms with Crippen molar-refractivity contribution >= 4 is 35.8 Å². The molecule has 0 saturated heterocycles. The second-order valence-corrected chi connectivity index (χ2v) is 7.13. The molecule has 0 radical (unpaired) electrons. The van der Waals surface area contributed by atoms with E-state index in [0.29, 0.717) is 24.5 Å². The molecule has 1 saturated carbocycles. The van der Waals surface area contributed by atoms with Crippen LogP contribution in [-0.4, -0.2) is 50.6 Å². The number of methoxy groups -OCH3 is 1. The van der Waals surface area contributed by atoms with E-state index in [1.807, 2.05) is 24.3 Å². The Labute approximate surface area is 180 Å². The van der Waals surface area contributed by atoms with Gasteiger partial charge in [-0.2, -0.15) is 0 Å². The third-order valence-corrected chi connectivity index (χ3v) is 4.94. The SMILES string of the molecule is COc1ccccc1CN=C(NCC(=O)N(C)C)NC1CCCCC1C.I. The molecule has 7 heteroatoms. The van der Waals surface area contributed by atoms with Crippen molar-refractivity contribution in [3.63, 3.8) is 0 Å². The number of hydrogen-bond donors (Lipinski definition) is 2. The first-order valence-corrected chi connectivity index (χ1v) is 9.38. The lowest BCUT2D eigenvalue weighted by Crippen LogP contribution is -2.49. The number of para-hydroxylation sites is 1. The molecule has 1 aromatic carbocycles. The normalized spacial score (nSPS) is 19.6. The van der Waals surface area contributed by atoms with Gasteiger partial charge in [-0.05, 0) is 24.8 Å². The lowest BCUT2D eigenvalue weighted by molar-refractivity contribution is -0.127. The minimum absolute atomic E-state index is 0. The van der Waals surface area contributed by atoms with Crippen LogP contribution >= 0.6 is 24.0 Å². The summed E-state index contributed by atoms with van der Waals surface area (Å²) in [6.45, 7) is 3.00. The van der Waals surface area contributed by atoms with Crippen molar-refractivity contribution in [1.82, 2.24) is 15.5 Å². The van der Waals surface area contributed by atoms with Crippen LogP contribution in [0.3, 0.4) is 0 Å². The van der Waals surface area contributed by atoms with Crippen LogP contribution in [0.5, 0.6) is 5.75 Å². The summed E-state index contributed by atoms with van der Waals surface area (Å²) in [5.41, 5.74) is 1.02. The average Bonchev–Trinajstić information content (AvgIpc) is 2.65. The van der Waals surface area contributed by atoms with Gasteiger partial charge in [0.1, 0.15) is 5.75 Å². The molecule has 1 fully saturated rings. The molecule has 6 nitrogen and oxygen atoms in total. The zero-order chi connectivity index (χ0) is 18.9. The van der Waals surface area contributed by atoms with Gasteiger partial charge in [0.2, 0.25) is 5.91 Å². The maximum absolute atomic E-state index is 11.9. The number of aliphatic imine (C=N–C) groups is 1. The molecule has 1 amide bonds. The summed E-state index contributed by atoms with van der Waals surface area (Å²) in [4.78, 5) is 18.2. The van der Waals surface area contributed by atoms with Gasteiger partial charge in [-0.25, -0.2) is 4.99 Å². The number of halogens is 1. The van der Waals surface area contributed by atoms with Gasteiger partial charge in [-0.15, -0.1) is 24.0 Å². The maximum Gasteiger partial charge on any atom is 0.241 e. The Balaban J connectivity index is 0.00000364. The third kappa shape index (κ3) is 7.56. The molecule has 0 spiro atoms. The number of nitrogens with zero attached hydrogens (tertiary/aromatic N) is 2. The molecule has 2 unspecified atom stereocenters. The highest BCUT2D eigenvalue weighted by atomic mass is 127. The molecule has 2 N–H and O–H groups in total. The highest BCUT2D eigenvalue weighted by molar-refractivity contribution is 14.0. The number of hydrogen-bond acceptors (Lipinski definition) is 3. The number of amides is 1. The molecule has 2 rings (SSSR count). The number of benzene rings is 1. The second-order valence-electron chi connectivity index (χ2n) is 7.13. The van der Waals surface area contributed by atoms with E-state index in [2.05, 4.69) is 17.6 Å². The van der Waals surface area contributed by atoms with Gasteiger partial charge in [0.05, 0.1) is 20.2 Å². The Morgan fingerprint density at radius 2 is 1.96 bits per heavy atom. The van der Waals surface area contributed by atoms with Crippen molar-refractivity contribution < 1.29 is 9.53 Å². The van der Waals surface area contributed by atoms with E-state index >= 15 is 0 Å². The Morgan fingerprint density at radius 1 is 1.26 bits per heavy atom. The minimum atomic E-state index is 0. The first-order chi connectivity index (χ1) is 12.5. The number of likely N-dealkylation sites (N-methyl/N-ethyl adjacent to an activating group) is 1. The van der Waals surface area contributed by atoms with Gasteiger partial charge in [0.25, 0.3) is 0 Å². The zero-order valence-corrected chi connectivity index (χ0v) is 19.2. The molecule has 0 aliphatic heterocycles. The van der Waals surface area contributed by atoms with Crippen molar-refractivity contribution in [2.75, 3.05) is 27.7 Å². The van der Waals surface area contributed by atoms with Gasteiger partial charge in [-0.1, -0.05) is 38.0 Å². The lowest BCUT2D eigenvalue weighted by Gasteiger charge is -2.31. The van der Waals surface area contributed by atoms with Gasteiger partial charge in [-0.3, -0.25) is 4.79 Å². The fraction of sp³-hybridized carbons (Fsp3) is 0.600. The number of nitrogens with one attached hydrogen (secondary N) is 2. The minimum Gasteiger partial charge on any atom is -0.496 e. The molecule has 27 heavy (non-hydrogen) atoms. The average molecular weight is 488 g/mol. The van der Waals surface area contributed by atoms with Crippen molar-refractivity contribution in [3.8, 4) is 5.75 Å². The topological polar surface area (TPSA) is 66.0 Å². The molecule has 0 heterocycles. The van der Waals surface area contributed by atoms with E-state index in [4.69, 9.17) is 9.73 Å². The fourth-order valence-electron chi connectivity index (χ4n) is 3.17. The van der Waals surface area contributed by atoms with Crippen LogP contribution in [0.25, 0.3) is 0 Å². The summed E-state index contributed by atoms with van der Waals surface area (Å²) < 4.78 is 5.40. The largest absolute Gasteiger partial charge is 0.496 e. The van der Waals surface area contributed by atoms with Crippen LogP contribution in [0.15, 0.2) is 29.3 Å². The summed E-state index contributed by atoms with van der Waals surface area (Å²) >= 11 is 0. The maximum atomic E-state index is 11.9. The molecule has 0 bridgehead atoms. The third-order valence-electron chi connectivity index (χ3n) is 4.94. The molecule has 1 aliphatic rings. The quantitative estimate of drug-likeness (QED) is 0.367. The number of rotatable bonds is 6. The zero-order valence-electron chi connectivity index (χ0n) is 16.8. The van der Waals surface area contributed by atoms with Crippen LogP contribution in [0.2, 0.25) is 0 Å². The van der Waals surface area contributed by atoms with Crippen molar-refractivity contribution in [2.24, 2.45) is 10.9 Å². The number of ether oxygens (including phenoxy) is 1. The van der Waals surface area contributed by atoms with Crippen LogP contribution in [0, 0.1) is 5.92 Å². The standard InChI is InChI=1S/C20H32N4O2.HI/c1-15-9-5-7-11-17(15)23-20(22-14-19(25)24(2)3)21-13-16-10-6-8-12-18(16)26-4;/h6,8,10,12,15,17H,5,7,9,11,13-14H2,1-4H3,(H2,21,22,23);1H. The summed E-state index contributed by atoms with van der Waals surface area (Å²) in [6, 6.07) is 8.26. The van der Waals surface area contributed by atoms with Crippen molar-refractivity contribution in [2.45, 2.75) is 45.2 Å². The van der Waals surface area contributed by atoms with Crippen LogP contribution < -0.4 is 15.4 Å². The lowest BCUT2D eigenvalue weighted by atomic mass is 9.86. The molecule has 1 aromatic rings. The Kier molecular flexibility index (Phi) is 10.5. The fourth-order valence-corrected chi connectivity index (χ4v) is 3.17. The van der Waals surface area contributed by atoms with E-state index in [-0.39, 0.29) is 36.4 Å². The Hall–Kier alpha value is -1.51. The summed E-state index contributed by atoms with van der Waals surface area (Å²) in [6.07, 6.45) is 4.89. The Morgan fingerprint density at radius 3 is 2.63 bits per heavy atom. The summed E-state index contributed by atoms with van der Waals surface area (Å²) in [7, 11) is 5.18. The van der Waals surface area contributed by atoms with Gasteiger partial charge < -0.3 is 20.3 Å². The number of guanidine groups is 1. The van der Waals surface area contributed by atoms with Gasteiger partial charge in [0.15, 0.2) is 5.96 Å².